The number of amides is 1. The van der Waals surface area contributed by atoms with Crippen LogP contribution >= 0.6 is 0 Å². The molecule has 1 aromatic rings. The first-order chi connectivity index (χ1) is 10.3. The van der Waals surface area contributed by atoms with Crippen LogP contribution in [0.3, 0.4) is 0 Å². The molecule has 21 heavy (non-hydrogen) atoms. The van der Waals surface area contributed by atoms with E-state index in [9.17, 15) is 4.79 Å². The number of carbonyl (C=O) groups excluding carboxylic acids is 1. The molecule has 1 aliphatic rings. The fourth-order valence-corrected chi connectivity index (χ4v) is 2.03. The lowest BCUT2D eigenvalue weighted by Gasteiger charge is -2.16. The molecule has 0 saturated heterocycles. The fraction of sp³-hybridized carbons (Fsp3) is 0.294. The Hall–Kier alpha value is -2.36. The van der Waals surface area contributed by atoms with Crippen molar-refractivity contribution in [2.24, 2.45) is 10.9 Å². The third kappa shape index (κ3) is 4.91. The van der Waals surface area contributed by atoms with Gasteiger partial charge in [-0.05, 0) is 43.8 Å². The smallest absolute Gasteiger partial charge is 0.227 e. The van der Waals surface area contributed by atoms with Gasteiger partial charge in [0.2, 0.25) is 5.91 Å². The second-order valence-corrected chi connectivity index (χ2v) is 4.81. The molecule has 4 nitrogen and oxygen atoms in total. The van der Waals surface area contributed by atoms with Crippen LogP contribution in [0.15, 0.2) is 59.3 Å². The summed E-state index contributed by atoms with van der Waals surface area (Å²) in [5.74, 6) is 1.50. The van der Waals surface area contributed by atoms with E-state index in [1.54, 1.807) is 0 Å². The summed E-state index contributed by atoms with van der Waals surface area (Å²) in [6.07, 6.45) is 7.17. The number of allylic oxidation sites excluding steroid dienone is 2. The second-order valence-electron chi connectivity index (χ2n) is 4.81. The standard InChI is InChI=1S/C17H20N2O2/c1-18-12-5-13-19-17(20)14-8-10-16(11-9-14)21-15-6-3-2-4-7-15/h2-4,6-8,10-11,14H,1,5,9,12-13H2,(H,19,20). The van der Waals surface area contributed by atoms with Crippen molar-refractivity contribution >= 4 is 12.6 Å². The van der Waals surface area contributed by atoms with Crippen LogP contribution in [0.5, 0.6) is 5.75 Å². The number of benzene rings is 1. The normalized spacial score (nSPS) is 17.0. The Bertz CT molecular complexity index is 535. The number of nitrogens with zero attached hydrogens (tertiary/aromatic N) is 1. The fourth-order valence-electron chi connectivity index (χ4n) is 2.03. The minimum absolute atomic E-state index is 0.0466. The van der Waals surface area contributed by atoms with Gasteiger partial charge in [0.15, 0.2) is 0 Å². The third-order valence-electron chi connectivity index (χ3n) is 3.17. The molecule has 0 saturated carbocycles. The summed E-state index contributed by atoms with van der Waals surface area (Å²) in [4.78, 5) is 15.7. The van der Waals surface area contributed by atoms with E-state index < -0.39 is 0 Å². The quantitative estimate of drug-likeness (QED) is 0.618. The van der Waals surface area contributed by atoms with Crippen LogP contribution in [-0.4, -0.2) is 25.7 Å². The monoisotopic (exact) mass is 284 g/mol. The van der Waals surface area contributed by atoms with E-state index in [1.165, 1.54) is 0 Å². The van der Waals surface area contributed by atoms with Gasteiger partial charge in [0, 0.05) is 13.1 Å². The summed E-state index contributed by atoms with van der Waals surface area (Å²) in [6.45, 7) is 4.73. The van der Waals surface area contributed by atoms with Crippen LogP contribution in [0.25, 0.3) is 0 Å². The van der Waals surface area contributed by atoms with E-state index >= 15 is 0 Å². The molecule has 4 heteroatoms. The summed E-state index contributed by atoms with van der Waals surface area (Å²) >= 11 is 0. The van der Waals surface area contributed by atoms with Crippen LogP contribution in [0, 0.1) is 5.92 Å². The summed E-state index contributed by atoms with van der Waals surface area (Å²) < 4.78 is 5.72. The lowest BCUT2D eigenvalue weighted by atomic mass is 9.99. The molecule has 1 amide bonds. The highest BCUT2D eigenvalue weighted by atomic mass is 16.5. The highest BCUT2D eigenvalue weighted by molar-refractivity contribution is 5.81. The maximum Gasteiger partial charge on any atom is 0.227 e. The molecule has 0 heterocycles. The number of nitrogens with one attached hydrogen (secondary N) is 1. The number of carbonyl (C=O) groups is 1. The molecular weight excluding hydrogens is 264 g/mol. The molecule has 0 radical (unpaired) electrons. The molecule has 0 aromatic heterocycles. The molecule has 0 spiro atoms. The van der Waals surface area contributed by atoms with Gasteiger partial charge < -0.3 is 15.0 Å². The third-order valence-corrected chi connectivity index (χ3v) is 3.17. The van der Waals surface area contributed by atoms with Crippen molar-refractivity contribution in [1.82, 2.24) is 5.32 Å². The molecule has 1 unspecified atom stereocenters. The average molecular weight is 284 g/mol. The van der Waals surface area contributed by atoms with Crippen molar-refractivity contribution < 1.29 is 9.53 Å². The number of ether oxygens (including phenoxy) is 1. The number of aliphatic imine (C=N–C) groups is 1. The SMILES string of the molecule is C=NCCCNC(=O)C1C=CC(Oc2ccccc2)=CC1. The zero-order valence-electron chi connectivity index (χ0n) is 12.0. The maximum atomic E-state index is 11.9. The summed E-state index contributed by atoms with van der Waals surface area (Å²) in [7, 11) is 0. The first kappa shape index (κ1) is 15.0. The van der Waals surface area contributed by atoms with Gasteiger partial charge in [-0.2, -0.15) is 0 Å². The first-order valence-corrected chi connectivity index (χ1v) is 7.11. The minimum Gasteiger partial charge on any atom is -0.458 e. The predicted octanol–water partition coefficient (Wildman–Crippen LogP) is 2.73. The van der Waals surface area contributed by atoms with Crippen molar-refractivity contribution in [3.8, 4) is 5.75 Å². The highest BCUT2D eigenvalue weighted by Gasteiger charge is 2.17. The molecule has 110 valence electrons. The first-order valence-electron chi connectivity index (χ1n) is 7.11. The molecule has 0 bridgehead atoms. The molecule has 2 rings (SSSR count). The van der Waals surface area contributed by atoms with Crippen molar-refractivity contribution in [2.75, 3.05) is 13.1 Å². The van der Waals surface area contributed by atoms with E-state index in [0.717, 1.165) is 17.9 Å². The van der Waals surface area contributed by atoms with Crippen LogP contribution in [0.4, 0.5) is 0 Å². The van der Waals surface area contributed by atoms with Gasteiger partial charge >= 0.3 is 0 Å². The minimum atomic E-state index is -0.121. The number of rotatable bonds is 7. The molecule has 1 aliphatic carbocycles. The number of hydrogen-bond acceptors (Lipinski definition) is 3. The van der Waals surface area contributed by atoms with Crippen molar-refractivity contribution in [2.45, 2.75) is 12.8 Å². The van der Waals surface area contributed by atoms with Gasteiger partial charge in [0.1, 0.15) is 11.5 Å². The van der Waals surface area contributed by atoms with E-state index in [2.05, 4.69) is 17.0 Å². The summed E-state index contributed by atoms with van der Waals surface area (Å²) in [5.41, 5.74) is 0. The predicted molar refractivity (Wildman–Crippen MR) is 84.4 cm³/mol. The largest absolute Gasteiger partial charge is 0.458 e. The van der Waals surface area contributed by atoms with E-state index in [-0.39, 0.29) is 11.8 Å². The van der Waals surface area contributed by atoms with Crippen LogP contribution < -0.4 is 10.1 Å². The zero-order valence-corrected chi connectivity index (χ0v) is 12.0. The molecule has 0 fully saturated rings. The number of para-hydroxylation sites is 1. The van der Waals surface area contributed by atoms with Gasteiger partial charge in [0.25, 0.3) is 0 Å². The summed E-state index contributed by atoms with van der Waals surface area (Å²) in [5, 5.41) is 2.90. The Labute approximate surface area is 125 Å². The van der Waals surface area contributed by atoms with Gasteiger partial charge in [-0.3, -0.25) is 4.79 Å². The molecule has 1 N–H and O–H groups in total. The topological polar surface area (TPSA) is 50.7 Å². The van der Waals surface area contributed by atoms with Crippen LogP contribution in [0.2, 0.25) is 0 Å². The van der Waals surface area contributed by atoms with Crippen LogP contribution in [0.1, 0.15) is 12.8 Å². The van der Waals surface area contributed by atoms with Crippen LogP contribution in [-0.2, 0) is 4.79 Å². The second kappa shape index (κ2) is 8.04. The van der Waals surface area contributed by atoms with Gasteiger partial charge in [-0.15, -0.1) is 0 Å². The molecule has 1 atom stereocenters. The van der Waals surface area contributed by atoms with Gasteiger partial charge in [0.05, 0.1) is 5.92 Å². The van der Waals surface area contributed by atoms with E-state index in [0.29, 0.717) is 19.5 Å². The maximum absolute atomic E-state index is 11.9. The molecular formula is C17H20N2O2. The van der Waals surface area contributed by atoms with Crippen molar-refractivity contribution in [3.05, 3.63) is 54.3 Å². The lowest BCUT2D eigenvalue weighted by molar-refractivity contribution is -0.123. The Morgan fingerprint density at radius 3 is 2.86 bits per heavy atom. The highest BCUT2D eigenvalue weighted by Crippen LogP contribution is 2.20. The summed E-state index contributed by atoms with van der Waals surface area (Å²) in [6, 6.07) is 9.61. The van der Waals surface area contributed by atoms with E-state index in [1.807, 2.05) is 48.6 Å². The Kier molecular flexibility index (Phi) is 5.76. The van der Waals surface area contributed by atoms with Crippen molar-refractivity contribution in [1.29, 1.82) is 0 Å². The lowest BCUT2D eigenvalue weighted by Crippen LogP contribution is -2.31. The Morgan fingerprint density at radius 1 is 1.38 bits per heavy atom. The van der Waals surface area contributed by atoms with Crippen molar-refractivity contribution in [3.63, 3.8) is 0 Å². The Balaban J connectivity index is 1.78. The number of hydrogen-bond donors (Lipinski definition) is 1. The zero-order chi connectivity index (χ0) is 14.9. The Morgan fingerprint density at radius 2 is 2.19 bits per heavy atom. The molecule has 0 aliphatic heterocycles. The van der Waals surface area contributed by atoms with Gasteiger partial charge in [-0.1, -0.05) is 24.3 Å². The van der Waals surface area contributed by atoms with Gasteiger partial charge in [-0.25, -0.2) is 0 Å². The molecule has 1 aromatic carbocycles. The average Bonchev–Trinajstić information content (AvgIpc) is 2.53. The van der Waals surface area contributed by atoms with E-state index in [4.69, 9.17) is 4.74 Å².